The van der Waals surface area contributed by atoms with E-state index in [1.54, 1.807) is 13.1 Å². The number of nitrogens with one attached hydrogen (secondary N) is 1. The maximum absolute atomic E-state index is 14.1. The van der Waals surface area contributed by atoms with Crippen LogP contribution in [0, 0.1) is 31.3 Å². The molecule has 2 rings (SSSR count). The topological polar surface area (TPSA) is 12.0 Å². The maximum Gasteiger partial charge on any atom is 0.128 e. The molecule has 0 amide bonds. The summed E-state index contributed by atoms with van der Waals surface area (Å²) in [5.41, 5.74) is 1.82. The van der Waals surface area contributed by atoms with Crippen molar-refractivity contribution >= 4 is 0 Å². The first-order valence-electron chi connectivity index (χ1n) is 6.33. The van der Waals surface area contributed by atoms with Crippen LogP contribution in [0.5, 0.6) is 0 Å². The molecule has 4 heteroatoms. The Morgan fingerprint density at radius 3 is 2.20 bits per heavy atom. The largest absolute Gasteiger partial charge is 0.309 e. The van der Waals surface area contributed by atoms with Crippen molar-refractivity contribution in [3.8, 4) is 0 Å². The van der Waals surface area contributed by atoms with Gasteiger partial charge in [-0.3, -0.25) is 0 Å². The monoisotopic (exact) mass is 279 g/mol. The second-order valence-corrected chi connectivity index (χ2v) is 4.85. The van der Waals surface area contributed by atoms with Crippen molar-refractivity contribution < 1.29 is 13.2 Å². The SMILES string of the molecule is CNC(c1cc(F)ccc1C)c1cc(F)c(C)cc1F. The van der Waals surface area contributed by atoms with Gasteiger partial charge in [0.15, 0.2) is 0 Å². The van der Waals surface area contributed by atoms with E-state index in [1.165, 1.54) is 19.1 Å². The summed E-state index contributed by atoms with van der Waals surface area (Å²) in [7, 11) is 1.63. The second kappa shape index (κ2) is 5.67. The summed E-state index contributed by atoms with van der Waals surface area (Å²) < 4.78 is 41.2. The minimum absolute atomic E-state index is 0.171. The lowest BCUT2D eigenvalue weighted by Gasteiger charge is -2.20. The fraction of sp³-hybridized carbons (Fsp3) is 0.250. The Hall–Kier alpha value is -1.81. The quantitative estimate of drug-likeness (QED) is 0.894. The van der Waals surface area contributed by atoms with Crippen LogP contribution in [0.2, 0.25) is 0 Å². The van der Waals surface area contributed by atoms with Crippen LogP contribution in [0.1, 0.15) is 28.3 Å². The van der Waals surface area contributed by atoms with Crippen molar-refractivity contribution in [3.63, 3.8) is 0 Å². The van der Waals surface area contributed by atoms with Gasteiger partial charge in [0.1, 0.15) is 17.5 Å². The Morgan fingerprint density at radius 2 is 1.55 bits per heavy atom. The molecular weight excluding hydrogens is 263 g/mol. The van der Waals surface area contributed by atoms with Crippen LogP contribution in [0.25, 0.3) is 0 Å². The highest BCUT2D eigenvalue weighted by Crippen LogP contribution is 2.28. The van der Waals surface area contributed by atoms with E-state index in [9.17, 15) is 13.2 Å². The highest BCUT2D eigenvalue weighted by Gasteiger charge is 2.20. The third-order valence-corrected chi connectivity index (χ3v) is 3.43. The lowest BCUT2D eigenvalue weighted by atomic mass is 9.94. The molecule has 2 aromatic carbocycles. The van der Waals surface area contributed by atoms with Gasteiger partial charge in [0.2, 0.25) is 0 Å². The molecule has 0 heterocycles. The minimum atomic E-state index is -0.596. The van der Waals surface area contributed by atoms with E-state index in [4.69, 9.17) is 0 Å². The van der Waals surface area contributed by atoms with Crippen LogP contribution >= 0.6 is 0 Å². The molecule has 0 bridgehead atoms. The molecule has 1 N–H and O–H groups in total. The average molecular weight is 279 g/mol. The van der Waals surface area contributed by atoms with Gasteiger partial charge in [0, 0.05) is 5.56 Å². The van der Waals surface area contributed by atoms with Crippen LogP contribution in [0.4, 0.5) is 13.2 Å². The van der Waals surface area contributed by atoms with Crippen LogP contribution in [-0.2, 0) is 0 Å². The van der Waals surface area contributed by atoms with Crippen molar-refractivity contribution in [2.75, 3.05) is 7.05 Å². The first-order chi connectivity index (χ1) is 9.43. The lowest BCUT2D eigenvalue weighted by molar-refractivity contribution is 0.550. The predicted molar refractivity (Wildman–Crippen MR) is 73.1 cm³/mol. The van der Waals surface area contributed by atoms with Gasteiger partial charge in [-0.15, -0.1) is 0 Å². The highest BCUT2D eigenvalue weighted by molar-refractivity contribution is 5.39. The summed E-state index contributed by atoms with van der Waals surface area (Å²) in [6.45, 7) is 3.31. The van der Waals surface area contributed by atoms with Gasteiger partial charge in [0.25, 0.3) is 0 Å². The molecule has 0 saturated heterocycles. The van der Waals surface area contributed by atoms with Gasteiger partial charge in [-0.2, -0.15) is 0 Å². The summed E-state index contributed by atoms with van der Waals surface area (Å²) in [4.78, 5) is 0. The number of rotatable bonds is 3. The number of benzene rings is 2. The Bertz CT molecular complexity index is 638. The van der Waals surface area contributed by atoms with Crippen molar-refractivity contribution in [2.45, 2.75) is 19.9 Å². The molecule has 20 heavy (non-hydrogen) atoms. The molecule has 1 atom stereocenters. The summed E-state index contributed by atoms with van der Waals surface area (Å²) in [6, 6.07) is 6.03. The summed E-state index contributed by atoms with van der Waals surface area (Å²) >= 11 is 0. The van der Waals surface area contributed by atoms with E-state index in [2.05, 4.69) is 5.32 Å². The van der Waals surface area contributed by atoms with E-state index in [-0.39, 0.29) is 11.1 Å². The summed E-state index contributed by atoms with van der Waals surface area (Å²) in [5, 5.41) is 2.92. The van der Waals surface area contributed by atoms with Gasteiger partial charge < -0.3 is 5.32 Å². The standard InChI is InChI=1S/C16H16F3N/c1-9-4-5-11(17)7-12(9)16(20-3)13-8-14(18)10(2)6-15(13)19/h4-8,16,20H,1-3H3. The number of hydrogen-bond acceptors (Lipinski definition) is 1. The van der Waals surface area contributed by atoms with Crippen molar-refractivity contribution in [1.82, 2.24) is 5.32 Å². The lowest BCUT2D eigenvalue weighted by Crippen LogP contribution is -2.20. The number of hydrogen-bond donors (Lipinski definition) is 1. The van der Waals surface area contributed by atoms with E-state index in [0.29, 0.717) is 5.56 Å². The Morgan fingerprint density at radius 1 is 0.850 bits per heavy atom. The third-order valence-electron chi connectivity index (χ3n) is 3.43. The average Bonchev–Trinajstić information content (AvgIpc) is 2.40. The van der Waals surface area contributed by atoms with Crippen LogP contribution in [0.3, 0.4) is 0 Å². The third kappa shape index (κ3) is 2.70. The minimum Gasteiger partial charge on any atom is -0.309 e. The van der Waals surface area contributed by atoms with Gasteiger partial charge >= 0.3 is 0 Å². The molecule has 0 fully saturated rings. The molecule has 2 aromatic rings. The van der Waals surface area contributed by atoms with Gasteiger partial charge in [-0.25, -0.2) is 13.2 Å². The zero-order valence-corrected chi connectivity index (χ0v) is 11.6. The van der Waals surface area contributed by atoms with Crippen LogP contribution < -0.4 is 5.32 Å². The summed E-state index contributed by atoms with van der Waals surface area (Å²) in [5.74, 6) is -1.39. The first-order valence-corrected chi connectivity index (χ1v) is 6.33. The number of aryl methyl sites for hydroxylation is 2. The van der Waals surface area contributed by atoms with E-state index in [1.807, 2.05) is 6.92 Å². The molecule has 0 aliphatic carbocycles. The molecule has 0 saturated carbocycles. The van der Waals surface area contributed by atoms with E-state index >= 15 is 0 Å². The van der Waals surface area contributed by atoms with Crippen molar-refractivity contribution in [1.29, 1.82) is 0 Å². The van der Waals surface area contributed by atoms with E-state index in [0.717, 1.165) is 17.7 Å². The zero-order valence-electron chi connectivity index (χ0n) is 11.6. The molecule has 1 nitrogen and oxygen atoms in total. The van der Waals surface area contributed by atoms with Crippen molar-refractivity contribution in [3.05, 3.63) is 70.0 Å². The van der Waals surface area contributed by atoms with Crippen molar-refractivity contribution in [2.24, 2.45) is 0 Å². The fourth-order valence-electron chi connectivity index (χ4n) is 2.28. The molecule has 1 unspecified atom stereocenters. The smallest absolute Gasteiger partial charge is 0.128 e. The summed E-state index contributed by atoms with van der Waals surface area (Å²) in [6.07, 6.45) is 0. The Balaban J connectivity index is 2.58. The zero-order chi connectivity index (χ0) is 14.9. The molecule has 0 radical (unpaired) electrons. The molecule has 0 aromatic heterocycles. The van der Waals surface area contributed by atoms with Crippen LogP contribution in [0.15, 0.2) is 30.3 Å². The molecule has 0 aliphatic rings. The Labute approximate surface area is 116 Å². The Kier molecular flexibility index (Phi) is 4.14. The molecule has 106 valence electrons. The predicted octanol–water partition coefficient (Wildman–Crippen LogP) is 4.03. The maximum atomic E-state index is 14.1. The molecule has 0 aliphatic heterocycles. The first kappa shape index (κ1) is 14.6. The second-order valence-electron chi connectivity index (χ2n) is 4.85. The molecular formula is C16H16F3N. The van der Waals surface area contributed by atoms with Gasteiger partial charge in [-0.1, -0.05) is 6.07 Å². The van der Waals surface area contributed by atoms with Gasteiger partial charge in [0.05, 0.1) is 6.04 Å². The highest BCUT2D eigenvalue weighted by atomic mass is 19.1. The molecule has 0 spiro atoms. The fourth-order valence-corrected chi connectivity index (χ4v) is 2.28. The van der Waals surface area contributed by atoms with E-state index < -0.39 is 23.5 Å². The van der Waals surface area contributed by atoms with Gasteiger partial charge in [-0.05, 0) is 61.9 Å². The van der Waals surface area contributed by atoms with Crippen LogP contribution in [-0.4, -0.2) is 7.05 Å². The normalized spacial score (nSPS) is 12.5. The number of halogens is 3.